The Bertz CT molecular complexity index is 1150. The molecule has 0 saturated carbocycles. The largest absolute Gasteiger partial charge is 0.457 e. The summed E-state index contributed by atoms with van der Waals surface area (Å²) in [5, 5.41) is 8.81. The van der Waals surface area contributed by atoms with Gasteiger partial charge in [0, 0.05) is 0 Å². The van der Waals surface area contributed by atoms with Crippen molar-refractivity contribution in [3.8, 4) is 6.07 Å². The van der Waals surface area contributed by atoms with Gasteiger partial charge in [-0.2, -0.15) is 5.26 Å². The van der Waals surface area contributed by atoms with Crippen LogP contribution in [0, 0.1) is 11.3 Å². The quantitative estimate of drug-likeness (QED) is 0.526. The Labute approximate surface area is 174 Å². The zero-order valence-electron chi connectivity index (χ0n) is 14.3. The van der Waals surface area contributed by atoms with Gasteiger partial charge in [-0.1, -0.05) is 24.3 Å². The van der Waals surface area contributed by atoms with Gasteiger partial charge in [-0.05, 0) is 57.9 Å². The lowest BCUT2D eigenvalue weighted by atomic mass is 10.1. The molecule has 1 heterocycles. The number of esters is 1. The summed E-state index contributed by atoms with van der Waals surface area (Å²) in [4.78, 5) is 12.5. The number of sulfonamides is 1. The van der Waals surface area contributed by atoms with Crippen LogP contribution in [-0.2, 0) is 21.4 Å². The van der Waals surface area contributed by atoms with Crippen molar-refractivity contribution in [1.29, 1.82) is 5.26 Å². The van der Waals surface area contributed by atoms with Gasteiger partial charge in [0.15, 0.2) is 0 Å². The molecule has 3 rings (SSSR count). The molecule has 6 nitrogen and oxygen atoms in total. The van der Waals surface area contributed by atoms with Gasteiger partial charge in [-0.15, -0.1) is 11.3 Å². The van der Waals surface area contributed by atoms with Crippen LogP contribution < -0.4 is 4.72 Å². The lowest BCUT2D eigenvalue weighted by Gasteiger charge is -2.11. The van der Waals surface area contributed by atoms with Crippen LogP contribution in [0.15, 0.2) is 68.7 Å². The number of rotatable bonds is 6. The van der Waals surface area contributed by atoms with Crippen LogP contribution in [0.4, 0.5) is 5.69 Å². The fraction of sp³-hybridized carbons (Fsp3) is 0.0526. The molecule has 0 spiro atoms. The molecular weight excluding hydrogens is 464 g/mol. The van der Waals surface area contributed by atoms with Crippen molar-refractivity contribution < 1.29 is 17.9 Å². The maximum atomic E-state index is 12.5. The van der Waals surface area contributed by atoms with Gasteiger partial charge < -0.3 is 4.74 Å². The summed E-state index contributed by atoms with van der Waals surface area (Å²) in [6, 6.07) is 18.0. The van der Waals surface area contributed by atoms with Crippen LogP contribution in [0.25, 0.3) is 0 Å². The summed E-state index contributed by atoms with van der Waals surface area (Å²) < 4.78 is 33.6. The molecule has 1 aromatic heterocycles. The highest BCUT2D eigenvalue weighted by atomic mass is 79.9. The van der Waals surface area contributed by atoms with Gasteiger partial charge in [0.1, 0.15) is 10.8 Å². The van der Waals surface area contributed by atoms with Crippen LogP contribution in [0.5, 0.6) is 0 Å². The zero-order chi connectivity index (χ0) is 20.1. The average Bonchev–Trinajstić information content (AvgIpc) is 3.14. The minimum absolute atomic E-state index is 0.00347. The molecule has 142 valence electrons. The number of nitrogens with one attached hydrogen (secondary N) is 1. The van der Waals surface area contributed by atoms with Crippen LogP contribution in [0.1, 0.15) is 21.5 Å². The van der Waals surface area contributed by atoms with Gasteiger partial charge >= 0.3 is 5.97 Å². The minimum Gasteiger partial charge on any atom is -0.457 e. The fourth-order valence-electron chi connectivity index (χ4n) is 2.29. The van der Waals surface area contributed by atoms with E-state index in [0.29, 0.717) is 14.9 Å². The second-order valence-electron chi connectivity index (χ2n) is 5.59. The third-order valence-corrected chi connectivity index (χ3v) is 7.14. The number of hydrogen-bond donors (Lipinski definition) is 1. The first-order valence-electron chi connectivity index (χ1n) is 7.92. The van der Waals surface area contributed by atoms with Gasteiger partial charge in [0.25, 0.3) is 10.0 Å². The fourth-order valence-corrected chi connectivity index (χ4v) is 5.38. The highest BCUT2D eigenvalue weighted by Gasteiger charge is 2.21. The second-order valence-corrected chi connectivity index (χ2v) is 9.97. The van der Waals surface area contributed by atoms with Crippen LogP contribution in [0.2, 0.25) is 0 Å². The molecule has 0 bridgehead atoms. The zero-order valence-corrected chi connectivity index (χ0v) is 17.5. The molecule has 0 aliphatic rings. The second kappa shape index (κ2) is 8.56. The third-order valence-electron chi connectivity index (χ3n) is 3.66. The monoisotopic (exact) mass is 476 g/mol. The number of halogens is 1. The number of para-hydroxylation sites is 1. The first-order valence-corrected chi connectivity index (χ1v) is 11.0. The van der Waals surface area contributed by atoms with Gasteiger partial charge in [0.2, 0.25) is 0 Å². The average molecular weight is 477 g/mol. The Kier molecular flexibility index (Phi) is 6.14. The van der Waals surface area contributed by atoms with E-state index in [-0.39, 0.29) is 22.1 Å². The van der Waals surface area contributed by atoms with Gasteiger partial charge in [-0.25, -0.2) is 13.2 Å². The first kappa shape index (κ1) is 20.1. The Balaban J connectivity index is 1.75. The van der Waals surface area contributed by atoms with Crippen LogP contribution >= 0.6 is 27.3 Å². The molecule has 0 saturated heterocycles. The maximum absolute atomic E-state index is 12.5. The molecule has 0 radical (unpaired) electrons. The summed E-state index contributed by atoms with van der Waals surface area (Å²) in [7, 11) is -3.82. The smallest absolute Gasteiger partial charge is 0.340 e. The van der Waals surface area contributed by atoms with Crippen molar-refractivity contribution in [2.24, 2.45) is 0 Å². The predicted molar refractivity (Wildman–Crippen MR) is 110 cm³/mol. The van der Waals surface area contributed by atoms with E-state index in [4.69, 9.17) is 10.00 Å². The third kappa shape index (κ3) is 4.78. The number of benzene rings is 2. The van der Waals surface area contributed by atoms with Crippen LogP contribution in [-0.4, -0.2) is 14.4 Å². The minimum atomic E-state index is -3.82. The van der Waals surface area contributed by atoms with Crippen LogP contribution in [0.3, 0.4) is 0 Å². The summed E-state index contributed by atoms with van der Waals surface area (Å²) in [5.74, 6) is -0.657. The summed E-state index contributed by atoms with van der Waals surface area (Å²) in [6.45, 7) is 0.00347. The molecule has 0 aliphatic heterocycles. The van der Waals surface area contributed by atoms with Gasteiger partial charge in [-0.3, -0.25) is 4.72 Å². The van der Waals surface area contributed by atoms with Crippen molar-refractivity contribution in [2.75, 3.05) is 4.72 Å². The molecule has 9 heteroatoms. The molecule has 0 unspecified atom stereocenters. The Hall–Kier alpha value is -2.67. The summed E-state index contributed by atoms with van der Waals surface area (Å²) in [5.41, 5.74) is 1.47. The number of ether oxygens (including phenoxy) is 1. The molecule has 1 N–H and O–H groups in total. The lowest BCUT2D eigenvalue weighted by molar-refractivity contribution is 0.0474. The Morgan fingerprint density at radius 1 is 1.11 bits per heavy atom. The molecule has 0 amide bonds. The maximum Gasteiger partial charge on any atom is 0.340 e. The highest BCUT2D eigenvalue weighted by Crippen LogP contribution is 2.28. The number of carbonyl (C=O) groups is 1. The molecule has 0 aliphatic carbocycles. The van der Waals surface area contributed by atoms with Crippen molar-refractivity contribution in [3.05, 3.63) is 81.1 Å². The van der Waals surface area contributed by atoms with E-state index < -0.39 is 16.0 Å². The van der Waals surface area contributed by atoms with E-state index in [0.717, 1.165) is 11.3 Å². The topological polar surface area (TPSA) is 96.3 Å². The molecular formula is C19H13BrN2O4S2. The molecule has 28 heavy (non-hydrogen) atoms. The van der Waals surface area contributed by atoms with Crippen molar-refractivity contribution in [2.45, 2.75) is 10.8 Å². The number of anilines is 1. The van der Waals surface area contributed by atoms with E-state index in [1.54, 1.807) is 42.5 Å². The SMILES string of the molecule is N#Cc1ccc(COC(=O)c2ccccc2NS(=O)(=O)c2ccc(Br)s2)cc1. The number of carbonyl (C=O) groups excluding carboxylic acids is 1. The Morgan fingerprint density at radius 3 is 2.46 bits per heavy atom. The number of hydrogen-bond acceptors (Lipinski definition) is 6. The predicted octanol–water partition coefficient (Wildman–Crippen LogP) is 4.54. The van der Waals surface area contributed by atoms with Crippen molar-refractivity contribution in [1.82, 2.24) is 0 Å². The normalized spacial score (nSPS) is 10.9. The highest BCUT2D eigenvalue weighted by molar-refractivity contribution is 9.11. The van der Waals surface area contributed by atoms with Gasteiger partial charge in [0.05, 0.1) is 26.7 Å². The first-order chi connectivity index (χ1) is 13.4. The Morgan fingerprint density at radius 2 is 1.82 bits per heavy atom. The molecule has 3 aromatic rings. The lowest BCUT2D eigenvalue weighted by Crippen LogP contribution is -2.15. The van der Waals surface area contributed by atoms with Crippen molar-refractivity contribution in [3.63, 3.8) is 0 Å². The van der Waals surface area contributed by atoms with E-state index in [1.807, 2.05) is 6.07 Å². The molecule has 0 fully saturated rings. The van der Waals surface area contributed by atoms with E-state index in [9.17, 15) is 13.2 Å². The summed E-state index contributed by atoms with van der Waals surface area (Å²) in [6.07, 6.45) is 0. The molecule has 0 atom stereocenters. The summed E-state index contributed by atoms with van der Waals surface area (Å²) >= 11 is 4.30. The number of thiophene rings is 1. The van der Waals surface area contributed by atoms with Crippen molar-refractivity contribution >= 4 is 48.9 Å². The standard InChI is InChI=1S/C19H13BrN2O4S2/c20-17-9-10-18(27-17)28(24,25)22-16-4-2-1-3-15(16)19(23)26-12-14-7-5-13(11-21)6-8-14/h1-10,22H,12H2. The number of nitrogens with zero attached hydrogens (tertiary/aromatic N) is 1. The number of nitriles is 1. The van der Waals surface area contributed by atoms with E-state index in [1.165, 1.54) is 18.2 Å². The van der Waals surface area contributed by atoms with E-state index >= 15 is 0 Å². The van der Waals surface area contributed by atoms with E-state index in [2.05, 4.69) is 20.7 Å². The molecule has 2 aromatic carbocycles.